The lowest BCUT2D eigenvalue weighted by molar-refractivity contribution is -0.117. The van der Waals surface area contributed by atoms with Gasteiger partial charge in [-0.25, -0.2) is 0 Å². The molecule has 0 aromatic carbocycles. The van der Waals surface area contributed by atoms with Crippen molar-refractivity contribution in [1.82, 2.24) is 10.6 Å². The van der Waals surface area contributed by atoms with Gasteiger partial charge in [-0.3, -0.25) is 4.79 Å². The summed E-state index contributed by atoms with van der Waals surface area (Å²) in [5.41, 5.74) is 0.0174. The SMILES string of the molecule is CCC(C)NC(=O)/C(C#N)=C\NCCO. The summed E-state index contributed by atoms with van der Waals surface area (Å²) in [5, 5.41) is 22.5. The number of carbonyl (C=O) groups is 1. The Balaban J connectivity index is 4.23. The molecular weight excluding hydrogens is 194 g/mol. The van der Waals surface area contributed by atoms with Crippen LogP contribution in [0.1, 0.15) is 20.3 Å². The van der Waals surface area contributed by atoms with Crippen molar-refractivity contribution >= 4 is 5.91 Å². The van der Waals surface area contributed by atoms with Gasteiger partial charge in [-0.2, -0.15) is 5.26 Å². The monoisotopic (exact) mass is 211 g/mol. The second kappa shape index (κ2) is 7.83. The lowest BCUT2D eigenvalue weighted by Crippen LogP contribution is -2.33. The first-order valence-corrected chi connectivity index (χ1v) is 4.91. The maximum absolute atomic E-state index is 11.4. The van der Waals surface area contributed by atoms with E-state index in [1.54, 1.807) is 6.07 Å². The van der Waals surface area contributed by atoms with Crippen LogP contribution in [0.3, 0.4) is 0 Å². The van der Waals surface area contributed by atoms with Gasteiger partial charge in [-0.15, -0.1) is 0 Å². The van der Waals surface area contributed by atoms with Gasteiger partial charge in [0, 0.05) is 18.8 Å². The summed E-state index contributed by atoms with van der Waals surface area (Å²) < 4.78 is 0. The zero-order valence-corrected chi connectivity index (χ0v) is 9.08. The fourth-order valence-corrected chi connectivity index (χ4v) is 0.791. The average molecular weight is 211 g/mol. The van der Waals surface area contributed by atoms with E-state index in [0.717, 1.165) is 6.42 Å². The van der Waals surface area contributed by atoms with Gasteiger partial charge < -0.3 is 15.7 Å². The van der Waals surface area contributed by atoms with Crippen LogP contribution in [-0.2, 0) is 4.79 Å². The molecule has 0 aliphatic rings. The number of rotatable bonds is 6. The molecule has 1 atom stereocenters. The van der Waals surface area contributed by atoms with Gasteiger partial charge in [0.15, 0.2) is 0 Å². The minimum absolute atomic E-state index is 0.0174. The summed E-state index contributed by atoms with van der Waals surface area (Å²) in [6, 6.07) is 1.84. The van der Waals surface area contributed by atoms with Gasteiger partial charge in [0.2, 0.25) is 0 Å². The molecule has 3 N–H and O–H groups in total. The number of hydrogen-bond donors (Lipinski definition) is 3. The third kappa shape index (κ3) is 5.70. The molecule has 0 bridgehead atoms. The van der Waals surface area contributed by atoms with E-state index in [1.807, 2.05) is 13.8 Å². The first-order chi connectivity index (χ1) is 7.15. The minimum atomic E-state index is -0.391. The molecule has 0 aliphatic heterocycles. The Kier molecular flexibility index (Phi) is 7.02. The Morgan fingerprint density at radius 1 is 1.67 bits per heavy atom. The zero-order chi connectivity index (χ0) is 11.7. The summed E-state index contributed by atoms with van der Waals surface area (Å²) in [5.74, 6) is -0.391. The molecule has 0 radical (unpaired) electrons. The van der Waals surface area contributed by atoms with Crippen molar-refractivity contribution < 1.29 is 9.90 Å². The molecule has 84 valence electrons. The molecule has 0 aliphatic carbocycles. The van der Waals surface area contributed by atoms with Crippen LogP contribution in [0.2, 0.25) is 0 Å². The van der Waals surface area contributed by atoms with Gasteiger partial charge in [0.1, 0.15) is 11.6 Å². The summed E-state index contributed by atoms with van der Waals surface area (Å²) in [4.78, 5) is 11.4. The van der Waals surface area contributed by atoms with Crippen molar-refractivity contribution in [2.45, 2.75) is 26.3 Å². The van der Waals surface area contributed by atoms with E-state index >= 15 is 0 Å². The van der Waals surface area contributed by atoms with Crippen molar-refractivity contribution in [3.63, 3.8) is 0 Å². The standard InChI is InChI=1S/C10H17N3O2/c1-3-8(2)13-10(15)9(6-11)7-12-4-5-14/h7-8,12,14H,3-5H2,1-2H3,(H,13,15)/b9-7-. The number of aliphatic hydroxyl groups excluding tert-OH is 1. The Labute approximate surface area is 89.8 Å². The van der Waals surface area contributed by atoms with E-state index in [-0.39, 0.29) is 18.2 Å². The summed E-state index contributed by atoms with van der Waals surface area (Å²) in [7, 11) is 0. The van der Waals surface area contributed by atoms with E-state index in [4.69, 9.17) is 10.4 Å². The molecule has 0 saturated heterocycles. The predicted octanol–water partition coefficient (Wildman–Crippen LogP) is -0.110. The number of hydrogen-bond acceptors (Lipinski definition) is 4. The Hall–Kier alpha value is -1.54. The van der Waals surface area contributed by atoms with Crippen LogP contribution in [0, 0.1) is 11.3 Å². The summed E-state index contributed by atoms with van der Waals surface area (Å²) >= 11 is 0. The molecule has 1 unspecified atom stereocenters. The smallest absolute Gasteiger partial charge is 0.263 e. The molecule has 0 aromatic heterocycles. The van der Waals surface area contributed by atoms with Crippen molar-refractivity contribution in [2.24, 2.45) is 0 Å². The van der Waals surface area contributed by atoms with Gasteiger partial charge in [-0.05, 0) is 13.3 Å². The first kappa shape index (κ1) is 13.5. The van der Waals surface area contributed by atoms with Crippen LogP contribution < -0.4 is 10.6 Å². The Morgan fingerprint density at radius 3 is 2.80 bits per heavy atom. The molecule has 5 heteroatoms. The van der Waals surface area contributed by atoms with E-state index in [1.165, 1.54) is 6.20 Å². The largest absolute Gasteiger partial charge is 0.395 e. The van der Waals surface area contributed by atoms with Gasteiger partial charge >= 0.3 is 0 Å². The third-order valence-electron chi connectivity index (χ3n) is 1.86. The topological polar surface area (TPSA) is 85.2 Å². The van der Waals surface area contributed by atoms with Crippen molar-refractivity contribution in [3.8, 4) is 6.07 Å². The molecular formula is C10H17N3O2. The predicted molar refractivity (Wildman–Crippen MR) is 56.7 cm³/mol. The molecule has 0 aromatic rings. The molecule has 1 amide bonds. The molecule has 0 fully saturated rings. The molecule has 0 heterocycles. The molecule has 15 heavy (non-hydrogen) atoms. The van der Waals surface area contributed by atoms with E-state index in [0.29, 0.717) is 6.54 Å². The normalized spacial score (nSPS) is 12.8. The number of carbonyl (C=O) groups excluding carboxylic acids is 1. The number of nitrogens with one attached hydrogen (secondary N) is 2. The van der Waals surface area contributed by atoms with Crippen LogP contribution in [0.25, 0.3) is 0 Å². The molecule has 0 rings (SSSR count). The third-order valence-corrected chi connectivity index (χ3v) is 1.86. The van der Waals surface area contributed by atoms with Gasteiger partial charge in [-0.1, -0.05) is 6.92 Å². The molecule has 0 spiro atoms. The maximum atomic E-state index is 11.4. The quantitative estimate of drug-likeness (QED) is 0.325. The first-order valence-electron chi connectivity index (χ1n) is 4.91. The lowest BCUT2D eigenvalue weighted by atomic mass is 10.2. The number of nitrogens with zero attached hydrogens (tertiary/aromatic N) is 1. The fraction of sp³-hybridized carbons (Fsp3) is 0.600. The van der Waals surface area contributed by atoms with Crippen LogP contribution in [0.15, 0.2) is 11.8 Å². The number of amides is 1. The molecule has 0 saturated carbocycles. The highest BCUT2D eigenvalue weighted by molar-refractivity contribution is 5.97. The highest BCUT2D eigenvalue weighted by Crippen LogP contribution is 1.94. The maximum Gasteiger partial charge on any atom is 0.263 e. The minimum Gasteiger partial charge on any atom is -0.395 e. The summed E-state index contributed by atoms with van der Waals surface area (Å²) in [6.45, 7) is 4.10. The van der Waals surface area contributed by atoms with Crippen LogP contribution in [0.4, 0.5) is 0 Å². The Morgan fingerprint density at radius 2 is 2.33 bits per heavy atom. The highest BCUT2D eigenvalue weighted by Gasteiger charge is 2.10. The average Bonchev–Trinajstić information content (AvgIpc) is 2.24. The lowest BCUT2D eigenvalue weighted by Gasteiger charge is -2.10. The number of nitriles is 1. The molecule has 5 nitrogen and oxygen atoms in total. The van der Waals surface area contributed by atoms with Crippen molar-refractivity contribution in [3.05, 3.63) is 11.8 Å². The summed E-state index contributed by atoms with van der Waals surface area (Å²) in [6.07, 6.45) is 2.13. The second-order valence-electron chi connectivity index (χ2n) is 3.13. The van der Waals surface area contributed by atoms with Gasteiger partial charge in [0.05, 0.1) is 6.61 Å². The van der Waals surface area contributed by atoms with Crippen molar-refractivity contribution in [2.75, 3.05) is 13.2 Å². The zero-order valence-electron chi connectivity index (χ0n) is 9.08. The van der Waals surface area contributed by atoms with Gasteiger partial charge in [0.25, 0.3) is 5.91 Å². The second-order valence-corrected chi connectivity index (χ2v) is 3.13. The fourth-order valence-electron chi connectivity index (χ4n) is 0.791. The number of aliphatic hydroxyl groups is 1. The van der Waals surface area contributed by atoms with E-state index in [9.17, 15) is 4.79 Å². The van der Waals surface area contributed by atoms with E-state index in [2.05, 4.69) is 10.6 Å². The highest BCUT2D eigenvalue weighted by atomic mass is 16.3. The van der Waals surface area contributed by atoms with E-state index < -0.39 is 5.91 Å². The van der Waals surface area contributed by atoms with Crippen LogP contribution in [-0.4, -0.2) is 30.2 Å². The van der Waals surface area contributed by atoms with Crippen LogP contribution >= 0.6 is 0 Å². The Bertz CT molecular complexity index is 268. The van der Waals surface area contributed by atoms with Crippen molar-refractivity contribution in [1.29, 1.82) is 5.26 Å². The van der Waals surface area contributed by atoms with Crippen LogP contribution in [0.5, 0.6) is 0 Å².